The lowest BCUT2D eigenvalue weighted by Gasteiger charge is -2.38. The third kappa shape index (κ3) is 3.43. The molecule has 6 nitrogen and oxygen atoms in total. The van der Waals surface area contributed by atoms with E-state index in [-0.39, 0.29) is 16.7 Å². The lowest BCUT2D eigenvalue weighted by Crippen LogP contribution is -2.42. The molecule has 6 heteroatoms. The van der Waals surface area contributed by atoms with Gasteiger partial charge in [-0.3, -0.25) is 10.1 Å². The van der Waals surface area contributed by atoms with Gasteiger partial charge < -0.3 is 9.64 Å². The van der Waals surface area contributed by atoms with Crippen LogP contribution in [0.5, 0.6) is 5.88 Å². The quantitative estimate of drug-likeness (QED) is 0.613. The van der Waals surface area contributed by atoms with E-state index in [1.807, 2.05) is 0 Å². The van der Waals surface area contributed by atoms with E-state index in [0.717, 1.165) is 12.8 Å². The number of methoxy groups -OCH3 is 1. The number of hydrogen-bond acceptors (Lipinski definition) is 5. The molecule has 0 aromatic carbocycles. The Hall–Kier alpha value is -1.85. The van der Waals surface area contributed by atoms with E-state index >= 15 is 0 Å². The molecule has 1 heterocycles. The zero-order chi connectivity index (χ0) is 15.4. The molecule has 0 spiro atoms. The maximum absolute atomic E-state index is 11.3. The second-order valence-electron chi connectivity index (χ2n) is 5.77. The number of ether oxygens (including phenoxy) is 1. The van der Waals surface area contributed by atoms with Crippen molar-refractivity contribution in [3.63, 3.8) is 0 Å². The number of anilines is 1. The fraction of sp³-hybridized carbons (Fsp3) is 0.667. The van der Waals surface area contributed by atoms with Crippen LogP contribution in [0.4, 0.5) is 11.4 Å². The molecule has 1 saturated carbocycles. The zero-order valence-corrected chi connectivity index (χ0v) is 12.9. The molecule has 1 fully saturated rings. The highest BCUT2D eigenvalue weighted by Gasteiger charge is 2.29. The second kappa shape index (κ2) is 6.74. The Morgan fingerprint density at radius 1 is 1.38 bits per heavy atom. The number of rotatable bonds is 5. The lowest BCUT2D eigenvalue weighted by molar-refractivity contribution is -0.384. The lowest BCUT2D eigenvalue weighted by atomic mass is 9.93. The first-order valence-electron chi connectivity index (χ1n) is 7.51. The van der Waals surface area contributed by atoms with Gasteiger partial charge in [0.05, 0.1) is 12.0 Å². The Bertz CT molecular complexity index is 499. The average Bonchev–Trinajstić information content (AvgIpc) is 2.47. The highest BCUT2D eigenvalue weighted by atomic mass is 16.6. The summed E-state index contributed by atoms with van der Waals surface area (Å²) in [5, 5.41) is 11.3. The van der Waals surface area contributed by atoms with E-state index in [9.17, 15) is 10.1 Å². The Balaban J connectivity index is 2.44. The number of nitrogens with zero attached hydrogens (tertiary/aromatic N) is 3. The molecule has 0 N–H and O–H groups in total. The standard InChI is InChI=1S/C15H23N3O3/c1-11(2)17(12-7-5-4-6-8-12)13-9-15(21-3)16-10-14(13)18(19)20/h9-12H,4-8H2,1-3H3. The van der Waals surface area contributed by atoms with Gasteiger partial charge in [0.25, 0.3) is 0 Å². The van der Waals surface area contributed by atoms with Crippen molar-refractivity contribution in [1.82, 2.24) is 4.98 Å². The maximum atomic E-state index is 11.3. The van der Waals surface area contributed by atoms with Crippen LogP contribution >= 0.6 is 0 Å². The molecule has 0 bridgehead atoms. The molecule has 0 unspecified atom stereocenters. The van der Waals surface area contributed by atoms with E-state index in [2.05, 4.69) is 23.7 Å². The summed E-state index contributed by atoms with van der Waals surface area (Å²) in [6.07, 6.45) is 7.09. The number of nitro groups is 1. The van der Waals surface area contributed by atoms with Crippen LogP contribution in [0.3, 0.4) is 0 Å². The van der Waals surface area contributed by atoms with Gasteiger partial charge >= 0.3 is 5.69 Å². The highest BCUT2D eigenvalue weighted by molar-refractivity contribution is 5.64. The third-order valence-electron chi connectivity index (χ3n) is 4.05. The second-order valence-corrected chi connectivity index (χ2v) is 5.77. The largest absolute Gasteiger partial charge is 0.481 e. The summed E-state index contributed by atoms with van der Waals surface area (Å²) >= 11 is 0. The Kier molecular flexibility index (Phi) is 4.98. The molecule has 2 rings (SSSR count). The smallest absolute Gasteiger partial charge is 0.310 e. The topological polar surface area (TPSA) is 68.5 Å². The van der Waals surface area contributed by atoms with Gasteiger partial charge in [-0.2, -0.15) is 0 Å². The van der Waals surface area contributed by atoms with Gasteiger partial charge in [-0.25, -0.2) is 4.98 Å². The van der Waals surface area contributed by atoms with Gasteiger partial charge in [0.2, 0.25) is 5.88 Å². The van der Waals surface area contributed by atoms with Crippen LogP contribution in [-0.2, 0) is 0 Å². The molecule has 1 aliphatic carbocycles. The van der Waals surface area contributed by atoms with Crippen molar-refractivity contribution in [2.45, 2.75) is 58.0 Å². The molecule has 0 atom stereocenters. The predicted molar refractivity (Wildman–Crippen MR) is 81.9 cm³/mol. The summed E-state index contributed by atoms with van der Waals surface area (Å²) in [6, 6.07) is 2.23. The van der Waals surface area contributed by atoms with Gasteiger partial charge in [-0.05, 0) is 26.7 Å². The molecule has 1 aromatic rings. The summed E-state index contributed by atoms with van der Waals surface area (Å²) < 4.78 is 5.15. The van der Waals surface area contributed by atoms with Gasteiger partial charge in [-0.1, -0.05) is 19.3 Å². The summed E-state index contributed by atoms with van der Waals surface area (Å²) in [7, 11) is 1.53. The first-order valence-corrected chi connectivity index (χ1v) is 7.51. The minimum atomic E-state index is -0.361. The number of aromatic nitrogens is 1. The van der Waals surface area contributed by atoms with Crippen molar-refractivity contribution in [1.29, 1.82) is 0 Å². The molecule has 0 amide bonds. The molecule has 116 valence electrons. The van der Waals surface area contributed by atoms with Crippen LogP contribution in [0.15, 0.2) is 12.3 Å². The van der Waals surface area contributed by atoms with Gasteiger partial charge in [0.15, 0.2) is 0 Å². The first-order chi connectivity index (χ1) is 10.0. The Labute approximate surface area is 125 Å². The van der Waals surface area contributed by atoms with Crippen molar-refractivity contribution in [3.05, 3.63) is 22.4 Å². The van der Waals surface area contributed by atoms with Crippen molar-refractivity contribution in [2.24, 2.45) is 0 Å². The highest BCUT2D eigenvalue weighted by Crippen LogP contribution is 2.36. The number of pyridine rings is 1. The molecule has 0 radical (unpaired) electrons. The SMILES string of the molecule is COc1cc(N(C(C)C)C2CCCCC2)c([N+](=O)[O-])cn1. The summed E-state index contributed by atoms with van der Waals surface area (Å²) in [4.78, 5) is 17.1. The molecule has 1 aromatic heterocycles. The molecule has 21 heavy (non-hydrogen) atoms. The van der Waals surface area contributed by atoms with E-state index in [4.69, 9.17) is 4.74 Å². The van der Waals surface area contributed by atoms with Gasteiger partial charge in [0, 0.05) is 18.2 Å². The van der Waals surface area contributed by atoms with Gasteiger partial charge in [0.1, 0.15) is 11.9 Å². The van der Waals surface area contributed by atoms with E-state index in [0.29, 0.717) is 17.6 Å². The summed E-state index contributed by atoms with van der Waals surface area (Å²) in [5.41, 5.74) is 0.670. The van der Waals surface area contributed by atoms with Gasteiger partial charge in [-0.15, -0.1) is 0 Å². The van der Waals surface area contributed by atoms with E-state index in [1.54, 1.807) is 6.07 Å². The van der Waals surface area contributed by atoms with Crippen molar-refractivity contribution in [2.75, 3.05) is 12.0 Å². The monoisotopic (exact) mass is 293 g/mol. The maximum Gasteiger partial charge on any atom is 0.310 e. The predicted octanol–water partition coefficient (Wildman–Crippen LogP) is 3.55. The minimum absolute atomic E-state index is 0.0510. The third-order valence-corrected chi connectivity index (χ3v) is 4.05. The normalized spacial score (nSPS) is 16.0. The fourth-order valence-corrected chi connectivity index (χ4v) is 3.13. The van der Waals surface area contributed by atoms with Crippen LogP contribution in [0.25, 0.3) is 0 Å². The molecular formula is C15H23N3O3. The van der Waals surface area contributed by atoms with Crippen LogP contribution in [-0.4, -0.2) is 29.1 Å². The van der Waals surface area contributed by atoms with Crippen LogP contribution in [0.1, 0.15) is 46.0 Å². The van der Waals surface area contributed by atoms with E-state index in [1.165, 1.54) is 32.6 Å². The van der Waals surface area contributed by atoms with Crippen molar-refractivity contribution >= 4 is 11.4 Å². The van der Waals surface area contributed by atoms with Crippen molar-refractivity contribution < 1.29 is 9.66 Å². The number of hydrogen-bond donors (Lipinski definition) is 0. The van der Waals surface area contributed by atoms with Crippen LogP contribution in [0, 0.1) is 10.1 Å². The molecule has 1 aliphatic rings. The summed E-state index contributed by atoms with van der Waals surface area (Å²) in [6.45, 7) is 4.15. The fourth-order valence-electron chi connectivity index (χ4n) is 3.13. The van der Waals surface area contributed by atoms with Crippen molar-refractivity contribution in [3.8, 4) is 5.88 Å². The first kappa shape index (κ1) is 15.5. The van der Waals surface area contributed by atoms with E-state index < -0.39 is 0 Å². The molecular weight excluding hydrogens is 270 g/mol. The van der Waals surface area contributed by atoms with Crippen LogP contribution in [0.2, 0.25) is 0 Å². The minimum Gasteiger partial charge on any atom is -0.481 e. The Morgan fingerprint density at radius 2 is 2.05 bits per heavy atom. The zero-order valence-electron chi connectivity index (χ0n) is 12.9. The summed E-state index contributed by atoms with van der Waals surface area (Å²) in [5.74, 6) is 0.414. The average molecular weight is 293 g/mol. The molecule has 0 saturated heterocycles. The molecule has 0 aliphatic heterocycles. The Morgan fingerprint density at radius 3 is 2.57 bits per heavy atom. The van der Waals surface area contributed by atoms with Crippen LogP contribution < -0.4 is 9.64 Å².